The zero-order valence-corrected chi connectivity index (χ0v) is 17.7. The monoisotopic (exact) mass is 427 g/mol. The van der Waals surface area contributed by atoms with Crippen LogP contribution in [0.1, 0.15) is 33.0 Å². The van der Waals surface area contributed by atoms with Crippen LogP contribution >= 0.6 is 22.7 Å². The van der Waals surface area contributed by atoms with Crippen molar-refractivity contribution < 1.29 is 14.3 Å². The van der Waals surface area contributed by atoms with Gasteiger partial charge in [0.05, 0.1) is 47.8 Å². The van der Waals surface area contributed by atoms with Crippen LogP contribution in [-0.4, -0.2) is 47.6 Å². The maximum absolute atomic E-state index is 12.7. The molecule has 6 nitrogen and oxygen atoms in total. The van der Waals surface area contributed by atoms with Gasteiger partial charge in [0.1, 0.15) is 10.6 Å². The van der Waals surface area contributed by atoms with E-state index in [0.29, 0.717) is 18.0 Å². The maximum atomic E-state index is 12.7. The number of thiophene rings is 1. The molecule has 1 spiro atoms. The Morgan fingerprint density at radius 1 is 1.28 bits per heavy atom. The first-order valence-electron chi connectivity index (χ1n) is 9.64. The summed E-state index contributed by atoms with van der Waals surface area (Å²) in [6, 6.07) is 6.19. The summed E-state index contributed by atoms with van der Waals surface area (Å²) in [5.74, 6) is 0.833. The molecule has 3 aromatic rings. The standard InChI is InChI=1S/C21H21N3O3S2/c1-26-14-2-3-16(23-11-14)18-10-15-17(29-18)4-9-27-21(15)5-7-24(8-6-21)20(25)19-12-22-13-28-19/h2-3,10-13H,4-9H2,1H3. The van der Waals surface area contributed by atoms with Gasteiger partial charge in [-0.15, -0.1) is 22.7 Å². The van der Waals surface area contributed by atoms with Crippen LogP contribution in [-0.2, 0) is 16.8 Å². The Morgan fingerprint density at radius 2 is 2.14 bits per heavy atom. The lowest BCUT2D eigenvalue weighted by atomic mass is 9.82. The van der Waals surface area contributed by atoms with Crippen LogP contribution in [0, 0.1) is 0 Å². The SMILES string of the molecule is COc1ccc(-c2cc3c(s2)CCOC32CCN(C(=O)c3cncs3)CC2)nc1. The minimum atomic E-state index is -0.292. The zero-order valence-electron chi connectivity index (χ0n) is 16.1. The molecule has 1 fully saturated rings. The van der Waals surface area contributed by atoms with Gasteiger partial charge in [0.25, 0.3) is 5.91 Å². The third kappa shape index (κ3) is 3.35. The van der Waals surface area contributed by atoms with Crippen LogP contribution in [0.2, 0.25) is 0 Å². The van der Waals surface area contributed by atoms with Crippen molar-refractivity contribution in [3.8, 4) is 16.3 Å². The zero-order chi connectivity index (χ0) is 19.8. The summed E-state index contributed by atoms with van der Waals surface area (Å²) in [7, 11) is 1.65. The second kappa shape index (κ2) is 7.51. The van der Waals surface area contributed by atoms with Crippen molar-refractivity contribution in [1.29, 1.82) is 0 Å². The second-order valence-electron chi connectivity index (χ2n) is 7.28. The van der Waals surface area contributed by atoms with E-state index in [-0.39, 0.29) is 11.5 Å². The number of rotatable bonds is 3. The summed E-state index contributed by atoms with van der Waals surface area (Å²) in [4.78, 5) is 26.4. The minimum Gasteiger partial charge on any atom is -0.495 e. The number of aromatic nitrogens is 2. The number of methoxy groups -OCH3 is 1. The van der Waals surface area contributed by atoms with E-state index in [1.54, 1.807) is 36.4 Å². The summed E-state index contributed by atoms with van der Waals surface area (Å²) in [5, 5.41) is 0. The van der Waals surface area contributed by atoms with Crippen molar-refractivity contribution in [2.45, 2.75) is 24.9 Å². The van der Waals surface area contributed by atoms with Crippen molar-refractivity contribution in [3.63, 3.8) is 0 Å². The molecule has 8 heteroatoms. The first kappa shape index (κ1) is 18.7. The quantitative estimate of drug-likeness (QED) is 0.633. The molecule has 29 heavy (non-hydrogen) atoms. The molecule has 5 heterocycles. The third-order valence-electron chi connectivity index (χ3n) is 5.73. The normalized spacial score (nSPS) is 17.9. The topological polar surface area (TPSA) is 64.6 Å². The van der Waals surface area contributed by atoms with Crippen molar-refractivity contribution in [2.75, 3.05) is 26.8 Å². The number of thiazole rings is 1. The van der Waals surface area contributed by atoms with E-state index < -0.39 is 0 Å². The average molecular weight is 428 g/mol. The highest BCUT2D eigenvalue weighted by atomic mass is 32.1. The molecule has 2 aliphatic heterocycles. The number of carbonyl (C=O) groups excluding carboxylic acids is 1. The number of ether oxygens (including phenoxy) is 2. The second-order valence-corrected chi connectivity index (χ2v) is 9.30. The van der Waals surface area contributed by atoms with Crippen LogP contribution in [0.3, 0.4) is 0 Å². The molecule has 0 radical (unpaired) electrons. The third-order valence-corrected chi connectivity index (χ3v) is 7.71. The Morgan fingerprint density at radius 3 is 2.83 bits per heavy atom. The molecular weight excluding hydrogens is 406 g/mol. The van der Waals surface area contributed by atoms with Gasteiger partial charge in [-0.3, -0.25) is 14.8 Å². The maximum Gasteiger partial charge on any atom is 0.265 e. The van der Waals surface area contributed by atoms with Crippen LogP contribution in [0.4, 0.5) is 0 Å². The smallest absolute Gasteiger partial charge is 0.265 e. The van der Waals surface area contributed by atoms with Crippen LogP contribution in [0.15, 0.2) is 36.1 Å². The van der Waals surface area contributed by atoms with Crippen LogP contribution in [0.25, 0.3) is 10.6 Å². The molecular formula is C21H21N3O3S2. The summed E-state index contributed by atoms with van der Waals surface area (Å²) in [6.45, 7) is 2.12. The van der Waals surface area contributed by atoms with E-state index in [0.717, 1.165) is 42.2 Å². The fraction of sp³-hybridized carbons (Fsp3) is 0.381. The number of pyridine rings is 1. The fourth-order valence-electron chi connectivity index (χ4n) is 4.15. The summed E-state index contributed by atoms with van der Waals surface area (Å²) < 4.78 is 11.6. The van der Waals surface area contributed by atoms with Gasteiger partial charge < -0.3 is 14.4 Å². The van der Waals surface area contributed by atoms with Gasteiger partial charge in [0, 0.05) is 24.4 Å². The number of amides is 1. The number of fused-ring (bicyclic) bond motifs is 2. The summed E-state index contributed by atoms with van der Waals surface area (Å²) in [5.41, 5.74) is 3.65. The molecule has 3 aromatic heterocycles. The lowest BCUT2D eigenvalue weighted by Crippen LogP contribution is -2.47. The molecule has 0 saturated carbocycles. The molecule has 0 atom stereocenters. The van der Waals surface area contributed by atoms with E-state index in [1.807, 2.05) is 17.0 Å². The van der Waals surface area contributed by atoms with Gasteiger partial charge >= 0.3 is 0 Å². The van der Waals surface area contributed by atoms with E-state index >= 15 is 0 Å². The number of hydrogen-bond donors (Lipinski definition) is 0. The Hall–Kier alpha value is -2.29. The number of piperidine rings is 1. The van der Waals surface area contributed by atoms with Gasteiger partial charge in [0.2, 0.25) is 0 Å². The first-order valence-corrected chi connectivity index (χ1v) is 11.3. The predicted octanol–water partition coefficient (Wildman–Crippen LogP) is 3.98. The molecule has 1 saturated heterocycles. The van der Waals surface area contributed by atoms with Gasteiger partial charge in [-0.1, -0.05) is 0 Å². The van der Waals surface area contributed by atoms with Crippen molar-refractivity contribution in [2.24, 2.45) is 0 Å². The van der Waals surface area contributed by atoms with E-state index in [1.165, 1.54) is 21.8 Å². The Labute approximate surface area is 177 Å². The van der Waals surface area contributed by atoms with Crippen LogP contribution < -0.4 is 4.74 Å². The highest BCUT2D eigenvalue weighted by Crippen LogP contribution is 2.46. The van der Waals surface area contributed by atoms with Crippen molar-refractivity contribution >= 4 is 28.6 Å². The van der Waals surface area contributed by atoms with E-state index in [9.17, 15) is 4.79 Å². The highest BCUT2D eigenvalue weighted by Gasteiger charge is 2.43. The lowest BCUT2D eigenvalue weighted by molar-refractivity contribution is -0.0926. The number of carbonyl (C=O) groups is 1. The molecule has 150 valence electrons. The minimum absolute atomic E-state index is 0.0758. The molecule has 5 rings (SSSR count). The number of hydrogen-bond acceptors (Lipinski definition) is 7. The number of nitrogens with zero attached hydrogens (tertiary/aromatic N) is 3. The van der Waals surface area contributed by atoms with E-state index in [2.05, 4.69) is 16.0 Å². The fourth-order valence-corrected chi connectivity index (χ4v) is 5.95. The first-order chi connectivity index (χ1) is 14.2. The molecule has 0 aromatic carbocycles. The Balaban J connectivity index is 1.38. The highest BCUT2D eigenvalue weighted by molar-refractivity contribution is 7.15. The molecule has 0 bridgehead atoms. The summed E-state index contributed by atoms with van der Waals surface area (Å²) >= 11 is 3.20. The predicted molar refractivity (Wildman–Crippen MR) is 113 cm³/mol. The van der Waals surface area contributed by atoms with Crippen molar-refractivity contribution in [1.82, 2.24) is 14.9 Å². The molecule has 0 unspecified atom stereocenters. The molecule has 0 aliphatic carbocycles. The largest absolute Gasteiger partial charge is 0.495 e. The van der Waals surface area contributed by atoms with Crippen molar-refractivity contribution in [3.05, 3.63) is 51.4 Å². The van der Waals surface area contributed by atoms with Gasteiger partial charge in [-0.25, -0.2) is 0 Å². The van der Waals surface area contributed by atoms with Gasteiger partial charge in [-0.2, -0.15) is 0 Å². The summed E-state index contributed by atoms with van der Waals surface area (Å²) in [6.07, 6.45) is 5.97. The van der Waals surface area contributed by atoms with E-state index in [4.69, 9.17) is 9.47 Å². The lowest BCUT2D eigenvalue weighted by Gasteiger charge is -2.44. The van der Waals surface area contributed by atoms with Crippen LogP contribution in [0.5, 0.6) is 5.75 Å². The Bertz CT molecular complexity index is 1010. The van der Waals surface area contributed by atoms with Gasteiger partial charge in [0.15, 0.2) is 0 Å². The molecule has 2 aliphatic rings. The number of likely N-dealkylation sites (tertiary alicyclic amines) is 1. The molecule has 1 amide bonds. The van der Waals surface area contributed by atoms with Gasteiger partial charge in [-0.05, 0) is 36.6 Å². The average Bonchev–Trinajstić information content (AvgIpc) is 3.45. The molecule has 0 N–H and O–H groups in total. The Kier molecular flexibility index (Phi) is 4.85.